The van der Waals surface area contributed by atoms with Gasteiger partial charge in [-0.15, -0.1) is 0 Å². The number of halogens is 3. The Bertz CT molecular complexity index is 841. The van der Waals surface area contributed by atoms with Crippen LogP contribution in [0.5, 0.6) is 0 Å². The molecule has 0 fully saturated rings. The Hall–Kier alpha value is -2.07. The Kier molecular flexibility index (Phi) is 4.42. The summed E-state index contributed by atoms with van der Waals surface area (Å²) in [7, 11) is -4.16. The van der Waals surface area contributed by atoms with Crippen LogP contribution in [0.4, 0.5) is 20.2 Å². The van der Waals surface area contributed by atoms with Crippen LogP contribution in [0, 0.1) is 21.7 Å². The maximum Gasteiger partial charge on any atom is 0.307 e. The topological polar surface area (TPSA) is 89.3 Å². The number of nitrogens with one attached hydrogen (secondary N) is 1. The van der Waals surface area contributed by atoms with Crippen molar-refractivity contribution in [2.45, 2.75) is 4.90 Å². The van der Waals surface area contributed by atoms with Gasteiger partial charge in [0.25, 0.3) is 10.0 Å². The summed E-state index contributed by atoms with van der Waals surface area (Å²) in [5.74, 6) is -2.65. The zero-order chi connectivity index (χ0) is 16.5. The Labute approximate surface area is 132 Å². The number of hydrogen-bond donors (Lipinski definition) is 1. The fourth-order valence-electron chi connectivity index (χ4n) is 1.57. The van der Waals surface area contributed by atoms with Gasteiger partial charge in [0.2, 0.25) is 5.82 Å². The Morgan fingerprint density at radius 2 is 1.68 bits per heavy atom. The van der Waals surface area contributed by atoms with E-state index in [4.69, 9.17) is 0 Å². The molecule has 10 heteroatoms. The van der Waals surface area contributed by atoms with Crippen molar-refractivity contribution in [3.63, 3.8) is 0 Å². The number of nitro groups is 1. The summed E-state index contributed by atoms with van der Waals surface area (Å²) in [4.78, 5) is 9.36. The lowest BCUT2D eigenvalue weighted by atomic mass is 10.2. The molecule has 0 aliphatic rings. The van der Waals surface area contributed by atoms with E-state index in [0.29, 0.717) is 10.5 Å². The van der Waals surface area contributed by atoms with Crippen LogP contribution in [0.15, 0.2) is 45.8 Å². The SMILES string of the molecule is O=[N+]([O-])c1cc(NS(=O)(=O)c2ccc(Br)cc2)c(F)cc1F. The summed E-state index contributed by atoms with van der Waals surface area (Å²) in [6, 6.07) is 6.15. The molecule has 0 aromatic heterocycles. The maximum atomic E-state index is 13.6. The van der Waals surface area contributed by atoms with Crippen molar-refractivity contribution in [3.8, 4) is 0 Å². The molecule has 2 aromatic carbocycles. The smallest absolute Gasteiger partial charge is 0.276 e. The number of anilines is 1. The van der Waals surface area contributed by atoms with E-state index in [1.807, 2.05) is 4.72 Å². The molecule has 2 rings (SSSR count). The highest BCUT2D eigenvalue weighted by Crippen LogP contribution is 2.27. The zero-order valence-electron chi connectivity index (χ0n) is 10.6. The largest absolute Gasteiger partial charge is 0.307 e. The average Bonchev–Trinajstić information content (AvgIpc) is 2.41. The highest BCUT2D eigenvalue weighted by Gasteiger charge is 2.22. The van der Waals surface area contributed by atoms with Crippen molar-refractivity contribution in [1.82, 2.24) is 0 Å². The molecule has 0 spiro atoms. The molecule has 0 unspecified atom stereocenters. The minimum absolute atomic E-state index is 0.179. The first kappa shape index (κ1) is 16.3. The van der Waals surface area contributed by atoms with E-state index in [-0.39, 0.29) is 11.0 Å². The Morgan fingerprint density at radius 1 is 1.09 bits per heavy atom. The van der Waals surface area contributed by atoms with Gasteiger partial charge in [-0.05, 0) is 24.3 Å². The number of sulfonamides is 1. The van der Waals surface area contributed by atoms with Gasteiger partial charge in [0.1, 0.15) is 0 Å². The van der Waals surface area contributed by atoms with Gasteiger partial charge in [-0.1, -0.05) is 15.9 Å². The van der Waals surface area contributed by atoms with E-state index >= 15 is 0 Å². The van der Waals surface area contributed by atoms with Crippen LogP contribution in [0.1, 0.15) is 0 Å². The zero-order valence-corrected chi connectivity index (χ0v) is 13.0. The minimum Gasteiger partial charge on any atom is -0.276 e. The van der Waals surface area contributed by atoms with Crippen molar-refractivity contribution >= 4 is 37.3 Å². The third-order valence-corrected chi connectivity index (χ3v) is 4.51. The summed E-state index contributed by atoms with van der Waals surface area (Å²) in [5.41, 5.74) is -1.74. The molecule has 0 aliphatic carbocycles. The molecular formula is C12H7BrF2N2O4S. The van der Waals surface area contributed by atoms with E-state index in [2.05, 4.69) is 15.9 Å². The number of rotatable bonds is 4. The second kappa shape index (κ2) is 5.97. The van der Waals surface area contributed by atoms with Gasteiger partial charge in [-0.2, -0.15) is 4.39 Å². The van der Waals surface area contributed by atoms with Crippen molar-refractivity contribution in [1.29, 1.82) is 0 Å². The van der Waals surface area contributed by atoms with Gasteiger partial charge in [0.05, 0.1) is 15.5 Å². The lowest BCUT2D eigenvalue weighted by molar-refractivity contribution is -0.387. The number of nitrogens with zero attached hydrogens (tertiary/aromatic N) is 1. The summed E-state index contributed by atoms with van der Waals surface area (Å²) in [6.45, 7) is 0. The molecule has 6 nitrogen and oxygen atoms in total. The third-order valence-electron chi connectivity index (χ3n) is 2.60. The molecule has 2 aromatic rings. The van der Waals surface area contributed by atoms with Crippen LogP contribution in [0.25, 0.3) is 0 Å². The Morgan fingerprint density at radius 3 is 2.23 bits per heavy atom. The molecule has 116 valence electrons. The van der Waals surface area contributed by atoms with E-state index in [0.717, 1.165) is 0 Å². The third kappa shape index (κ3) is 3.39. The Balaban J connectivity index is 2.43. The molecular weight excluding hydrogens is 386 g/mol. The van der Waals surface area contributed by atoms with Crippen LogP contribution in [0.2, 0.25) is 0 Å². The predicted molar refractivity (Wildman–Crippen MR) is 78.0 cm³/mol. The molecule has 0 amide bonds. The quantitative estimate of drug-likeness (QED) is 0.637. The number of hydrogen-bond acceptors (Lipinski definition) is 4. The number of benzene rings is 2. The first-order valence-electron chi connectivity index (χ1n) is 5.62. The standard InChI is InChI=1S/C12H7BrF2N2O4S/c13-7-1-3-8(4-2-7)22(20,21)16-11-6-12(17(18)19)10(15)5-9(11)14/h1-6,16H. The molecule has 0 saturated heterocycles. The van der Waals surface area contributed by atoms with Gasteiger partial charge >= 0.3 is 5.69 Å². The normalized spacial score (nSPS) is 11.2. The molecule has 0 radical (unpaired) electrons. The summed E-state index contributed by atoms with van der Waals surface area (Å²) in [6.07, 6.45) is 0. The van der Waals surface area contributed by atoms with Gasteiger partial charge in [-0.25, -0.2) is 12.8 Å². The molecule has 0 heterocycles. The van der Waals surface area contributed by atoms with Crippen molar-refractivity contribution < 1.29 is 22.1 Å². The van der Waals surface area contributed by atoms with Gasteiger partial charge in [0.15, 0.2) is 5.82 Å². The summed E-state index contributed by atoms with van der Waals surface area (Å²) >= 11 is 3.13. The van der Waals surface area contributed by atoms with Crippen LogP contribution in [-0.4, -0.2) is 13.3 Å². The second-order valence-electron chi connectivity index (χ2n) is 4.10. The van der Waals surface area contributed by atoms with E-state index in [9.17, 15) is 27.3 Å². The number of nitro benzene ring substituents is 1. The van der Waals surface area contributed by atoms with E-state index < -0.39 is 38.0 Å². The lowest BCUT2D eigenvalue weighted by Gasteiger charge is -2.09. The highest BCUT2D eigenvalue weighted by atomic mass is 79.9. The molecule has 0 aliphatic heterocycles. The summed E-state index contributed by atoms with van der Waals surface area (Å²) in [5, 5.41) is 10.6. The first-order valence-corrected chi connectivity index (χ1v) is 7.90. The average molecular weight is 393 g/mol. The van der Waals surface area contributed by atoms with Crippen LogP contribution in [0.3, 0.4) is 0 Å². The monoisotopic (exact) mass is 392 g/mol. The minimum atomic E-state index is -4.16. The lowest BCUT2D eigenvalue weighted by Crippen LogP contribution is -2.14. The first-order chi connectivity index (χ1) is 10.2. The van der Waals surface area contributed by atoms with Crippen molar-refractivity contribution in [2.75, 3.05) is 4.72 Å². The molecule has 22 heavy (non-hydrogen) atoms. The van der Waals surface area contributed by atoms with E-state index in [1.165, 1.54) is 24.3 Å². The van der Waals surface area contributed by atoms with Gasteiger partial charge < -0.3 is 0 Å². The van der Waals surface area contributed by atoms with Crippen LogP contribution >= 0.6 is 15.9 Å². The van der Waals surface area contributed by atoms with Crippen LogP contribution < -0.4 is 4.72 Å². The fourth-order valence-corrected chi connectivity index (χ4v) is 2.90. The van der Waals surface area contributed by atoms with E-state index in [1.54, 1.807) is 0 Å². The van der Waals surface area contributed by atoms with Crippen molar-refractivity contribution in [2.24, 2.45) is 0 Å². The van der Waals surface area contributed by atoms with Crippen molar-refractivity contribution in [3.05, 3.63) is 62.6 Å². The second-order valence-corrected chi connectivity index (χ2v) is 6.70. The highest BCUT2D eigenvalue weighted by molar-refractivity contribution is 9.10. The molecule has 0 saturated carbocycles. The molecule has 1 N–H and O–H groups in total. The van der Waals surface area contributed by atoms with Gasteiger partial charge in [-0.3, -0.25) is 14.8 Å². The fraction of sp³-hybridized carbons (Fsp3) is 0. The van der Waals surface area contributed by atoms with Crippen LogP contribution in [-0.2, 0) is 10.0 Å². The molecule has 0 atom stereocenters. The summed E-state index contributed by atoms with van der Waals surface area (Å²) < 4.78 is 53.5. The van der Waals surface area contributed by atoms with Gasteiger partial charge in [0, 0.05) is 16.6 Å². The molecule has 0 bridgehead atoms. The maximum absolute atomic E-state index is 13.6. The predicted octanol–water partition coefficient (Wildman–Crippen LogP) is 3.44.